The van der Waals surface area contributed by atoms with Crippen LogP contribution in [0.3, 0.4) is 0 Å². The van der Waals surface area contributed by atoms with Crippen molar-refractivity contribution in [1.29, 1.82) is 0 Å². The van der Waals surface area contributed by atoms with E-state index >= 15 is 0 Å². The molecule has 2 aromatic carbocycles. The molecule has 0 spiro atoms. The van der Waals surface area contributed by atoms with E-state index in [-0.39, 0.29) is 6.04 Å². The van der Waals surface area contributed by atoms with Crippen LogP contribution >= 0.6 is 27.7 Å². The quantitative estimate of drug-likeness (QED) is 0.683. The van der Waals surface area contributed by atoms with Gasteiger partial charge in [-0.2, -0.15) is 0 Å². The first-order chi connectivity index (χ1) is 10.2. The van der Waals surface area contributed by atoms with Gasteiger partial charge in [0, 0.05) is 33.8 Å². The van der Waals surface area contributed by atoms with Gasteiger partial charge in [-0.05, 0) is 43.0 Å². The van der Waals surface area contributed by atoms with Crippen molar-refractivity contribution >= 4 is 33.4 Å². The number of ether oxygens (including phenoxy) is 1. The van der Waals surface area contributed by atoms with E-state index in [0.717, 1.165) is 15.7 Å². The number of halogens is 1. The Morgan fingerprint density at radius 3 is 2.52 bits per heavy atom. The van der Waals surface area contributed by atoms with Crippen molar-refractivity contribution < 1.29 is 4.74 Å². The Labute approximate surface area is 139 Å². The minimum absolute atomic E-state index is 0.241. The second-order valence-electron chi connectivity index (χ2n) is 4.84. The Hall–Kier alpha value is -0.970. The van der Waals surface area contributed by atoms with E-state index in [2.05, 4.69) is 64.8 Å². The summed E-state index contributed by atoms with van der Waals surface area (Å²) in [5.41, 5.74) is 3.52. The van der Waals surface area contributed by atoms with Crippen molar-refractivity contribution in [3.63, 3.8) is 0 Å². The highest BCUT2D eigenvalue weighted by atomic mass is 79.9. The zero-order valence-electron chi connectivity index (χ0n) is 12.5. The fourth-order valence-corrected chi connectivity index (χ4v) is 3.08. The average molecular weight is 366 g/mol. The number of hydrogen-bond donors (Lipinski definition) is 1. The van der Waals surface area contributed by atoms with E-state index in [9.17, 15) is 0 Å². The van der Waals surface area contributed by atoms with Gasteiger partial charge in [-0.3, -0.25) is 0 Å². The number of thioether (sulfide) groups is 1. The van der Waals surface area contributed by atoms with Crippen LogP contribution in [0.1, 0.15) is 24.1 Å². The average Bonchev–Trinajstić information content (AvgIpc) is 2.51. The lowest BCUT2D eigenvalue weighted by Gasteiger charge is -2.19. The maximum absolute atomic E-state index is 5.29. The predicted molar refractivity (Wildman–Crippen MR) is 95.1 cm³/mol. The monoisotopic (exact) mass is 365 g/mol. The molecular weight excluding hydrogens is 346 g/mol. The van der Waals surface area contributed by atoms with E-state index in [1.165, 1.54) is 10.5 Å². The summed E-state index contributed by atoms with van der Waals surface area (Å²) in [6.07, 6.45) is 2.09. The Kier molecular flexibility index (Phi) is 6.15. The molecule has 0 aromatic heterocycles. The standard InChI is InChI=1S/C17H20BrNOS/c1-12(13-7-9-14(21-3)10-8-13)19-17-6-4-5-16(18)15(17)11-20-2/h4-10,12,19H,11H2,1-3H3. The van der Waals surface area contributed by atoms with E-state index in [1.807, 2.05) is 12.1 Å². The fourth-order valence-electron chi connectivity index (χ4n) is 2.19. The Balaban J connectivity index is 2.18. The molecule has 0 saturated carbocycles. The fraction of sp³-hybridized carbons (Fsp3) is 0.294. The van der Waals surface area contributed by atoms with Crippen molar-refractivity contribution in [2.75, 3.05) is 18.7 Å². The lowest BCUT2D eigenvalue weighted by molar-refractivity contribution is 0.185. The number of anilines is 1. The van der Waals surface area contributed by atoms with Gasteiger partial charge in [-0.1, -0.05) is 34.1 Å². The summed E-state index contributed by atoms with van der Waals surface area (Å²) >= 11 is 5.35. The van der Waals surface area contributed by atoms with E-state index in [0.29, 0.717) is 6.61 Å². The molecule has 1 N–H and O–H groups in total. The first-order valence-electron chi connectivity index (χ1n) is 6.82. The molecule has 0 saturated heterocycles. The normalized spacial score (nSPS) is 12.2. The molecule has 2 rings (SSSR count). The minimum atomic E-state index is 0.241. The summed E-state index contributed by atoms with van der Waals surface area (Å²) in [7, 11) is 1.72. The summed E-state index contributed by atoms with van der Waals surface area (Å²) in [6.45, 7) is 2.76. The topological polar surface area (TPSA) is 21.3 Å². The van der Waals surface area contributed by atoms with Crippen LogP contribution in [0.2, 0.25) is 0 Å². The van der Waals surface area contributed by atoms with Gasteiger partial charge in [-0.25, -0.2) is 0 Å². The van der Waals surface area contributed by atoms with Crippen molar-refractivity contribution in [3.8, 4) is 0 Å². The molecule has 0 aliphatic rings. The lowest BCUT2D eigenvalue weighted by atomic mass is 10.1. The SMILES string of the molecule is COCc1c(Br)cccc1NC(C)c1ccc(SC)cc1. The van der Waals surface area contributed by atoms with Gasteiger partial charge in [-0.15, -0.1) is 11.8 Å². The van der Waals surface area contributed by atoms with Crippen molar-refractivity contribution in [2.45, 2.75) is 24.5 Å². The predicted octanol–water partition coefficient (Wildman–Crippen LogP) is 5.49. The minimum Gasteiger partial charge on any atom is -0.380 e. The third-order valence-electron chi connectivity index (χ3n) is 3.40. The second-order valence-corrected chi connectivity index (χ2v) is 6.57. The zero-order chi connectivity index (χ0) is 15.2. The maximum atomic E-state index is 5.29. The molecule has 112 valence electrons. The van der Waals surface area contributed by atoms with Crippen LogP contribution in [0.5, 0.6) is 0 Å². The second kappa shape index (κ2) is 7.87. The van der Waals surface area contributed by atoms with E-state index < -0.39 is 0 Å². The highest BCUT2D eigenvalue weighted by molar-refractivity contribution is 9.10. The lowest BCUT2D eigenvalue weighted by Crippen LogP contribution is -2.09. The Bertz CT molecular complexity index is 586. The molecule has 2 nitrogen and oxygen atoms in total. The third kappa shape index (κ3) is 4.25. The largest absolute Gasteiger partial charge is 0.380 e. The molecule has 2 aromatic rings. The Morgan fingerprint density at radius 2 is 1.90 bits per heavy atom. The first-order valence-corrected chi connectivity index (χ1v) is 8.84. The molecule has 1 unspecified atom stereocenters. The van der Waals surface area contributed by atoms with Crippen molar-refractivity contribution in [2.24, 2.45) is 0 Å². The molecular formula is C17H20BrNOS. The zero-order valence-corrected chi connectivity index (χ0v) is 14.9. The van der Waals surface area contributed by atoms with Gasteiger partial charge in [0.05, 0.1) is 6.61 Å². The van der Waals surface area contributed by atoms with Crippen LogP contribution in [0.15, 0.2) is 51.8 Å². The highest BCUT2D eigenvalue weighted by Crippen LogP contribution is 2.29. The molecule has 21 heavy (non-hydrogen) atoms. The molecule has 0 bridgehead atoms. The number of hydrogen-bond acceptors (Lipinski definition) is 3. The van der Waals surface area contributed by atoms with Crippen LogP contribution in [0.4, 0.5) is 5.69 Å². The highest BCUT2D eigenvalue weighted by Gasteiger charge is 2.10. The number of methoxy groups -OCH3 is 1. The molecule has 1 atom stereocenters. The molecule has 0 heterocycles. The summed E-state index contributed by atoms with van der Waals surface area (Å²) in [4.78, 5) is 1.29. The third-order valence-corrected chi connectivity index (χ3v) is 4.88. The van der Waals surface area contributed by atoms with Crippen LogP contribution in [-0.4, -0.2) is 13.4 Å². The van der Waals surface area contributed by atoms with Gasteiger partial charge in [0.15, 0.2) is 0 Å². The number of nitrogens with one attached hydrogen (secondary N) is 1. The molecule has 0 fully saturated rings. The van der Waals surface area contributed by atoms with Crippen LogP contribution < -0.4 is 5.32 Å². The molecule has 0 aliphatic carbocycles. The van der Waals surface area contributed by atoms with E-state index in [4.69, 9.17) is 4.74 Å². The summed E-state index contributed by atoms with van der Waals surface area (Å²) in [6, 6.07) is 15.1. The van der Waals surface area contributed by atoms with Crippen molar-refractivity contribution in [1.82, 2.24) is 0 Å². The maximum Gasteiger partial charge on any atom is 0.0744 e. The summed E-state index contributed by atoms with van der Waals surface area (Å²) < 4.78 is 6.36. The van der Waals surface area contributed by atoms with Gasteiger partial charge < -0.3 is 10.1 Å². The van der Waals surface area contributed by atoms with Crippen LogP contribution in [0, 0.1) is 0 Å². The van der Waals surface area contributed by atoms with Gasteiger partial charge in [0.25, 0.3) is 0 Å². The van der Waals surface area contributed by atoms with E-state index in [1.54, 1.807) is 18.9 Å². The van der Waals surface area contributed by atoms with Crippen LogP contribution in [-0.2, 0) is 11.3 Å². The summed E-state index contributed by atoms with van der Waals surface area (Å²) in [5.74, 6) is 0. The van der Waals surface area contributed by atoms with Gasteiger partial charge in [0.1, 0.15) is 0 Å². The smallest absolute Gasteiger partial charge is 0.0744 e. The molecule has 0 radical (unpaired) electrons. The number of rotatable bonds is 6. The molecule has 4 heteroatoms. The molecule has 0 aliphatic heterocycles. The molecule has 0 amide bonds. The van der Waals surface area contributed by atoms with Gasteiger partial charge >= 0.3 is 0 Å². The van der Waals surface area contributed by atoms with Crippen molar-refractivity contribution in [3.05, 3.63) is 58.1 Å². The number of benzene rings is 2. The van der Waals surface area contributed by atoms with Crippen LogP contribution in [0.25, 0.3) is 0 Å². The summed E-state index contributed by atoms with van der Waals surface area (Å²) in [5, 5.41) is 3.57. The first kappa shape index (κ1) is 16.4. The Morgan fingerprint density at radius 1 is 1.19 bits per heavy atom. The van der Waals surface area contributed by atoms with Gasteiger partial charge in [0.2, 0.25) is 0 Å².